The molecule has 3 rings (SSSR count). The summed E-state index contributed by atoms with van der Waals surface area (Å²) in [6.45, 7) is -0.0347. The molecule has 0 saturated carbocycles. The Morgan fingerprint density at radius 3 is 2.48 bits per heavy atom. The minimum atomic E-state index is -3.98. The summed E-state index contributed by atoms with van der Waals surface area (Å²) < 4.78 is 46.3. The van der Waals surface area contributed by atoms with Crippen LogP contribution >= 0.6 is 11.6 Å². The van der Waals surface area contributed by atoms with E-state index in [1.165, 1.54) is 6.07 Å². The van der Waals surface area contributed by atoms with Crippen molar-refractivity contribution >= 4 is 23.6 Å². The van der Waals surface area contributed by atoms with Gasteiger partial charge in [0.1, 0.15) is 5.75 Å². The Hall–Kier alpha value is -2.47. The quantitative estimate of drug-likeness (QED) is 0.735. The van der Waals surface area contributed by atoms with Crippen molar-refractivity contribution in [2.45, 2.75) is 25.4 Å². The third kappa shape index (κ3) is 3.67. The summed E-state index contributed by atoms with van der Waals surface area (Å²) in [6, 6.07) is 10.3. The van der Waals surface area contributed by atoms with Crippen LogP contribution in [-0.2, 0) is 11.2 Å². The van der Waals surface area contributed by atoms with Crippen molar-refractivity contribution in [3.05, 3.63) is 58.1 Å². The van der Waals surface area contributed by atoms with Gasteiger partial charge in [-0.1, -0.05) is 42.8 Å². The first-order chi connectivity index (χ1) is 12.8. The summed E-state index contributed by atoms with van der Waals surface area (Å²) in [5.41, 5.74) is 1.71. The van der Waals surface area contributed by atoms with E-state index in [4.69, 9.17) is 16.3 Å². The van der Waals surface area contributed by atoms with Crippen molar-refractivity contribution in [1.82, 2.24) is 0 Å². The van der Waals surface area contributed by atoms with E-state index >= 15 is 0 Å². The van der Waals surface area contributed by atoms with E-state index in [9.17, 15) is 23.1 Å². The molecule has 2 aromatic carbocycles. The Morgan fingerprint density at radius 1 is 1.26 bits per heavy atom. The van der Waals surface area contributed by atoms with Crippen molar-refractivity contribution in [3.8, 4) is 16.9 Å². The van der Waals surface area contributed by atoms with Crippen molar-refractivity contribution in [2.75, 3.05) is 6.67 Å². The van der Waals surface area contributed by atoms with E-state index in [-0.39, 0.29) is 11.3 Å². The van der Waals surface area contributed by atoms with Gasteiger partial charge in [-0.15, -0.1) is 0 Å². The molecule has 0 spiro atoms. The number of carbonyl (C=O) groups is 1. The number of benzene rings is 2. The molecular weight excluding hydrogens is 381 g/mol. The fraction of sp³-hybridized carbons (Fsp3) is 0.250. The van der Waals surface area contributed by atoms with Crippen molar-refractivity contribution in [3.63, 3.8) is 0 Å². The lowest BCUT2D eigenvalue weighted by molar-refractivity contribution is -0.139. The molecule has 1 atom stereocenters. The topological polar surface area (TPSA) is 46.5 Å². The first kappa shape index (κ1) is 19.3. The number of carboxylic acid groups (broad SMARTS) is 1. The molecular formula is C20H16ClF3O3. The van der Waals surface area contributed by atoms with E-state index in [1.807, 2.05) is 19.1 Å². The minimum Gasteiger partial charge on any atom is -0.478 e. The SMILES string of the molecule is CCc1ccc(-c2cc(Cl)cc3c2O[C@H](C(F)(F)CF)C(C(=O)O)=C3)cc1. The van der Waals surface area contributed by atoms with E-state index in [0.717, 1.165) is 18.1 Å². The van der Waals surface area contributed by atoms with Gasteiger partial charge in [-0.05, 0) is 35.8 Å². The number of rotatable bonds is 5. The van der Waals surface area contributed by atoms with E-state index in [1.54, 1.807) is 18.2 Å². The number of aryl methyl sites for hydroxylation is 1. The number of aliphatic carboxylic acids is 1. The Morgan fingerprint density at radius 2 is 1.93 bits per heavy atom. The molecule has 27 heavy (non-hydrogen) atoms. The number of hydrogen-bond donors (Lipinski definition) is 1. The van der Waals surface area contributed by atoms with Crippen LogP contribution < -0.4 is 4.74 Å². The number of fused-ring (bicyclic) bond motifs is 1. The first-order valence-electron chi connectivity index (χ1n) is 8.25. The molecule has 1 aliphatic heterocycles. The smallest absolute Gasteiger partial charge is 0.335 e. The summed E-state index contributed by atoms with van der Waals surface area (Å²) in [4.78, 5) is 11.4. The number of alkyl halides is 3. The predicted molar refractivity (Wildman–Crippen MR) is 97.2 cm³/mol. The van der Waals surface area contributed by atoms with Gasteiger partial charge in [0.2, 0.25) is 0 Å². The summed E-state index contributed by atoms with van der Waals surface area (Å²) in [5, 5.41) is 9.56. The van der Waals surface area contributed by atoms with Crippen LogP contribution in [0.15, 0.2) is 42.0 Å². The summed E-state index contributed by atoms with van der Waals surface area (Å²) in [7, 11) is 0. The number of ether oxygens (including phenoxy) is 1. The highest BCUT2D eigenvalue weighted by molar-refractivity contribution is 6.31. The van der Waals surface area contributed by atoms with Crippen LogP contribution in [-0.4, -0.2) is 29.8 Å². The maximum atomic E-state index is 14.0. The van der Waals surface area contributed by atoms with Gasteiger partial charge in [-0.3, -0.25) is 0 Å². The average molecular weight is 397 g/mol. The zero-order valence-corrected chi connectivity index (χ0v) is 15.1. The van der Waals surface area contributed by atoms with Gasteiger partial charge in [0.25, 0.3) is 0 Å². The molecule has 3 nitrogen and oxygen atoms in total. The standard InChI is InChI=1S/C20H16ClF3O3/c1-2-11-3-5-12(6-4-11)15-9-14(21)7-13-8-16(19(25)26)18(27-17(13)15)20(23,24)10-22/h3-9,18H,2,10H2,1H3,(H,25,26)/t18-/m0/s1. The highest BCUT2D eigenvalue weighted by Gasteiger charge is 2.48. The zero-order chi connectivity index (χ0) is 19.8. The molecule has 1 heterocycles. The Labute approximate surface area is 159 Å². The number of halogens is 4. The number of hydrogen-bond acceptors (Lipinski definition) is 2. The second-order valence-electron chi connectivity index (χ2n) is 6.22. The molecule has 0 fully saturated rings. The lowest BCUT2D eigenvalue weighted by atomic mass is 9.93. The molecule has 142 valence electrons. The van der Waals surface area contributed by atoms with Gasteiger partial charge in [-0.25, -0.2) is 9.18 Å². The monoisotopic (exact) mass is 396 g/mol. The molecule has 2 aromatic rings. The van der Waals surface area contributed by atoms with Crippen LogP contribution in [0.5, 0.6) is 5.75 Å². The largest absolute Gasteiger partial charge is 0.478 e. The molecule has 0 radical (unpaired) electrons. The van der Waals surface area contributed by atoms with Gasteiger partial charge < -0.3 is 9.84 Å². The van der Waals surface area contributed by atoms with Crippen LogP contribution in [0.25, 0.3) is 17.2 Å². The third-order valence-corrected chi connectivity index (χ3v) is 4.61. The maximum Gasteiger partial charge on any atom is 0.335 e. The molecule has 0 bridgehead atoms. The lowest BCUT2D eigenvalue weighted by Crippen LogP contribution is -2.44. The second-order valence-corrected chi connectivity index (χ2v) is 6.66. The van der Waals surface area contributed by atoms with Gasteiger partial charge in [0.15, 0.2) is 12.8 Å². The van der Waals surface area contributed by atoms with Crippen molar-refractivity contribution in [1.29, 1.82) is 0 Å². The summed E-state index contributed by atoms with van der Waals surface area (Å²) in [6.07, 6.45) is -0.340. The average Bonchev–Trinajstić information content (AvgIpc) is 2.66. The predicted octanol–water partition coefficient (Wildman–Crippen LogP) is 5.40. The molecule has 0 unspecified atom stereocenters. The summed E-state index contributed by atoms with van der Waals surface area (Å²) in [5.74, 6) is -5.54. The van der Waals surface area contributed by atoms with Crippen molar-refractivity contribution in [2.24, 2.45) is 0 Å². The normalized spacial score (nSPS) is 16.3. The maximum absolute atomic E-state index is 14.0. The first-order valence-corrected chi connectivity index (χ1v) is 8.62. The molecule has 1 aliphatic rings. The Balaban J connectivity index is 2.18. The zero-order valence-electron chi connectivity index (χ0n) is 14.3. The highest BCUT2D eigenvalue weighted by atomic mass is 35.5. The minimum absolute atomic E-state index is 0.0479. The lowest BCUT2D eigenvalue weighted by Gasteiger charge is -2.31. The molecule has 0 saturated heterocycles. The molecule has 0 amide bonds. The van der Waals surface area contributed by atoms with Crippen LogP contribution in [0.2, 0.25) is 5.02 Å². The third-order valence-electron chi connectivity index (χ3n) is 4.39. The number of carboxylic acids is 1. The highest BCUT2D eigenvalue weighted by Crippen LogP contribution is 2.44. The van der Waals surface area contributed by atoms with Crippen LogP contribution in [0.1, 0.15) is 18.1 Å². The van der Waals surface area contributed by atoms with Crippen LogP contribution in [0.4, 0.5) is 13.2 Å². The second kappa shape index (κ2) is 7.27. The molecule has 0 aliphatic carbocycles. The molecule has 1 N–H and O–H groups in total. The fourth-order valence-corrected chi connectivity index (χ4v) is 3.20. The molecule has 7 heteroatoms. The van der Waals surface area contributed by atoms with Gasteiger partial charge in [-0.2, -0.15) is 8.78 Å². The van der Waals surface area contributed by atoms with Crippen LogP contribution in [0.3, 0.4) is 0 Å². The van der Waals surface area contributed by atoms with Gasteiger partial charge in [0, 0.05) is 16.1 Å². The Bertz CT molecular complexity index is 907. The molecule has 0 aromatic heterocycles. The summed E-state index contributed by atoms with van der Waals surface area (Å²) >= 11 is 6.13. The van der Waals surface area contributed by atoms with Crippen LogP contribution in [0, 0.1) is 0 Å². The van der Waals surface area contributed by atoms with E-state index < -0.39 is 30.2 Å². The van der Waals surface area contributed by atoms with Gasteiger partial charge in [0.05, 0.1) is 5.57 Å². The Kier molecular flexibility index (Phi) is 5.20. The van der Waals surface area contributed by atoms with Gasteiger partial charge >= 0.3 is 11.9 Å². The van der Waals surface area contributed by atoms with E-state index in [0.29, 0.717) is 16.1 Å². The fourth-order valence-electron chi connectivity index (χ4n) is 2.97. The van der Waals surface area contributed by atoms with Crippen molar-refractivity contribution < 1.29 is 27.8 Å². The van der Waals surface area contributed by atoms with E-state index in [2.05, 4.69) is 0 Å².